The maximum Gasteiger partial charge on any atom is 0.223 e. The maximum atomic E-state index is 12.1. The van der Waals surface area contributed by atoms with Gasteiger partial charge in [0.25, 0.3) is 0 Å². The number of aryl methyl sites for hydroxylation is 1. The van der Waals surface area contributed by atoms with E-state index in [-0.39, 0.29) is 5.91 Å². The van der Waals surface area contributed by atoms with E-state index in [0.717, 1.165) is 64.6 Å². The van der Waals surface area contributed by atoms with Gasteiger partial charge in [-0.1, -0.05) is 29.3 Å². The van der Waals surface area contributed by atoms with Crippen molar-refractivity contribution in [2.45, 2.75) is 45.7 Å². The van der Waals surface area contributed by atoms with E-state index in [1.165, 1.54) is 0 Å². The minimum absolute atomic E-state index is 0.207. The summed E-state index contributed by atoms with van der Waals surface area (Å²) in [5, 5.41) is 1.04. The quantitative estimate of drug-likeness (QED) is 0.686. The number of nitrogen functional groups attached to an aromatic ring is 1. The summed E-state index contributed by atoms with van der Waals surface area (Å²) in [7, 11) is 0. The highest BCUT2D eigenvalue weighted by Crippen LogP contribution is 2.31. The lowest BCUT2D eigenvalue weighted by atomic mass is 10.2. The van der Waals surface area contributed by atoms with Crippen molar-refractivity contribution in [2.75, 3.05) is 12.3 Å². The van der Waals surface area contributed by atoms with Crippen LogP contribution in [0.15, 0.2) is 22.7 Å². The number of unbranched alkanes of at least 4 members (excludes halogenated alkanes) is 1. The Morgan fingerprint density at radius 2 is 2.15 bits per heavy atom. The molecular weight excluding hydrogens is 394 g/mol. The Morgan fingerprint density at radius 1 is 1.31 bits per heavy atom. The second-order valence-corrected chi connectivity index (χ2v) is 7.72. The van der Waals surface area contributed by atoms with Gasteiger partial charge >= 0.3 is 0 Å². The number of amides is 1. The maximum absolute atomic E-state index is 12.1. The van der Waals surface area contributed by atoms with Crippen molar-refractivity contribution in [3.05, 3.63) is 28.5 Å². The normalized spacial score (nSPS) is 14.8. The summed E-state index contributed by atoms with van der Waals surface area (Å²) < 4.78 is 3.21. The number of anilines is 1. The molecule has 1 aromatic carbocycles. The van der Waals surface area contributed by atoms with Crippen LogP contribution < -0.4 is 5.73 Å². The fraction of sp³-hybridized carbons (Fsp3) is 0.421. The predicted molar refractivity (Wildman–Crippen MR) is 107 cm³/mol. The number of hydrogen-bond acceptors (Lipinski definition) is 4. The van der Waals surface area contributed by atoms with Gasteiger partial charge in [0.2, 0.25) is 5.91 Å². The average Bonchev–Trinajstić information content (AvgIpc) is 3.18. The van der Waals surface area contributed by atoms with Crippen molar-refractivity contribution in [3.63, 3.8) is 0 Å². The molecule has 1 saturated heterocycles. The Hall–Kier alpha value is -2.15. The molecule has 7 heteroatoms. The number of imidazole rings is 1. The van der Waals surface area contributed by atoms with E-state index >= 15 is 0 Å². The summed E-state index contributed by atoms with van der Waals surface area (Å²) in [5.41, 5.74) is 8.85. The standard InChI is InChI=1S/C19H22BrN5O/c1-2-3-9-25-15(11-24-8-4-5-16(24)26)23-17-18(25)13-7-6-12(20)10-14(13)22-19(17)21/h6-7,10H,2-5,8-9,11H2,1H3,(H2,21,22). The molecule has 6 nitrogen and oxygen atoms in total. The molecule has 0 saturated carbocycles. The van der Waals surface area contributed by atoms with Crippen molar-refractivity contribution >= 4 is 49.6 Å². The number of nitrogens with two attached hydrogens (primary N) is 1. The van der Waals surface area contributed by atoms with Crippen LogP contribution in [0.25, 0.3) is 21.9 Å². The van der Waals surface area contributed by atoms with Gasteiger partial charge in [-0.2, -0.15) is 0 Å². The molecule has 0 bridgehead atoms. The lowest BCUT2D eigenvalue weighted by molar-refractivity contribution is -0.128. The van der Waals surface area contributed by atoms with E-state index < -0.39 is 0 Å². The first-order valence-corrected chi connectivity index (χ1v) is 9.89. The van der Waals surface area contributed by atoms with Crippen LogP contribution in [0, 0.1) is 0 Å². The van der Waals surface area contributed by atoms with Gasteiger partial charge < -0.3 is 15.2 Å². The molecule has 2 N–H and O–H groups in total. The smallest absolute Gasteiger partial charge is 0.223 e. The molecule has 0 radical (unpaired) electrons. The van der Waals surface area contributed by atoms with Gasteiger partial charge in [-0.05, 0) is 31.0 Å². The number of carbonyl (C=O) groups excluding carboxylic acids is 1. The highest BCUT2D eigenvalue weighted by atomic mass is 79.9. The third kappa shape index (κ3) is 2.94. The summed E-state index contributed by atoms with van der Waals surface area (Å²) in [6.07, 6.45) is 3.70. The molecule has 3 aromatic rings. The van der Waals surface area contributed by atoms with E-state index in [1.807, 2.05) is 17.0 Å². The fourth-order valence-electron chi connectivity index (χ4n) is 3.65. The molecule has 0 atom stereocenters. The summed E-state index contributed by atoms with van der Waals surface area (Å²) >= 11 is 3.50. The number of rotatable bonds is 5. The molecule has 1 aliphatic heterocycles. The zero-order chi connectivity index (χ0) is 18.3. The highest BCUT2D eigenvalue weighted by molar-refractivity contribution is 9.10. The number of fused-ring (bicyclic) bond motifs is 3. The molecule has 1 amide bonds. The minimum atomic E-state index is 0.207. The third-order valence-electron chi connectivity index (χ3n) is 4.98. The SMILES string of the molecule is CCCCn1c(CN2CCCC2=O)nc2c(N)nc3cc(Br)ccc3c21. The number of carbonyl (C=O) groups is 1. The number of benzene rings is 1. The van der Waals surface area contributed by atoms with Crippen molar-refractivity contribution < 1.29 is 4.79 Å². The number of hydrogen-bond donors (Lipinski definition) is 1. The lowest BCUT2D eigenvalue weighted by Gasteiger charge is -2.16. The van der Waals surface area contributed by atoms with Crippen LogP contribution in [0.3, 0.4) is 0 Å². The van der Waals surface area contributed by atoms with Crippen LogP contribution in [0.4, 0.5) is 5.82 Å². The Labute approximate surface area is 160 Å². The van der Waals surface area contributed by atoms with E-state index in [0.29, 0.717) is 18.8 Å². The first-order chi connectivity index (χ1) is 12.6. The van der Waals surface area contributed by atoms with Gasteiger partial charge in [-0.25, -0.2) is 9.97 Å². The lowest BCUT2D eigenvalue weighted by Crippen LogP contribution is -2.25. The largest absolute Gasteiger partial charge is 0.382 e. The number of nitrogens with zero attached hydrogens (tertiary/aromatic N) is 4. The Kier molecular flexibility index (Phi) is 4.56. The van der Waals surface area contributed by atoms with Gasteiger partial charge in [0.1, 0.15) is 11.3 Å². The molecule has 0 unspecified atom stereocenters. The third-order valence-corrected chi connectivity index (χ3v) is 5.48. The molecule has 3 heterocycles. The minimum Gasteiger partial charge on any atom is -0.382 e. The van der Waals surface area contributed by atoms with Crippen LogP contribution >= 0.6 is 15.9 Å². The first kappa shape index (κ1) is 17.3. The molecule has 1 aliphatic rings. The van der Waals surface area contributed by atoms with Crippen molar-refractivity contribution in [1.82, 2.24) is 19.4 Å². The number of pyridine rings is 1. The van der Waals surface area contributed by atoms with E-state index in [9.17, 15) is 4.79 Å². The van der Waals surface area contributed by atoms with E-state index in [4.69, 9.17) is 10.7 Å². The molecule has 4 rings (SSSR count). The Balaban J connectivity index is 1.92. The summed E-state index contributed by atoms with van der Waals surface area (Å²) in [4.78, 5) is 23.3. The highest BCUT2D eigenvalue weighted by Gasteiger charge is 2.24. The first-order valence-electron chi connectivity index (χ1n) is 9.10. The van der Waals surface area contributed by atoms with Crippen molar-refractivity contribution in [1.29, 1.82) is 0 Å². The summed E-state index contributed by atoms with van der Waals surface area (Å²) in [6, 6.07) is 6.05. The summed E-state index contributed by atoms with van der Waals surface area (Å²) in [6.45, 7) is 4.37. The number of likely N-dealkylation sites (tertiary alicyclic amines) is 1. The Bertz CT molecular complexity index is 997. The fourth-order valence-corrected chi connectivity index (χ4v) is 4.00. The van der Waals surface area contributed by atoms with E-state index in [2.05, 4.69) is 38.5 Å². The molecular formula is C19H22BrN5O. The Morgan fingerprint density at radius 3 is 2.88 bits per heavy atom. The molecule has 0 spiro atoms. The van der Waals surface area contributed by atoms with Crippen LogP contribution in [0.2, 0.25) is 0 Å². The molecule has 1 fully saturated rings. The zero-order valence-electron chi connectivity index (χ0n) is 14.8. The van der Waals surface area contributed by atoms with Crippen LogP contribution in [-0.2, 0) is 17.9 Å². The predicted octanol–water partition coefficient (Wildman–Crippen LogP) is 3.85. The monoisotopic (exact) mass is 415 g/mol. The van der Waals surface area contributed by atoms with E-state index in [1.54, 1.807) is 0 Å². The zero-order valence-corrected chi connectivity index (χ0v) is 16.4. The van der Waals surface area contributed by atoms with Crippen molar-refractivity contribution in [3.8, 4) is 0 Å². The number of halogens is 1. The topological polar surface area (TPSA) is 77.0 Å². The van der Waals surface area contributed by atoms with Crippen LogP contribution in [0.5, 0.6) is 0 Å². The van der Waals surface area contributed by atoms with Crippen LogP contribution in [0.1, 0.15) is 38.4 Å². The van der Waals surface area contributed by atoms with Gasteiger partial charge in [0.15, 0.2) is 5.82 Å². The molecule has 2 aromatic heterocycles. The average molecular weight is 416 g/mol. The molecule has 26 heavy (non-hydrogen) atoms. The second kappa shape index (κ2) is 6.87. The van der Waals surface area contributed by atoms with Crippen LogP contribution in [-0.4, -0.2) is 31.9 Å². The van der Waals surface area contributed by atoms with Gasteiger partial charge in [0.05, 0.1) is 17.6 Å². The second-order valence-electron chi connectivity index (χ2n) is 6.81. The van der Waals surface area contributed by atoms with Gasteiger partial charge in [-0.3, -0.25) is 4.79 Å². The van der Waals surface area contributed by atoms with Gasteiger partial charge in [-0.15, -0.1) is 0 Å². The molecule has 136 valence electrons. The van der Waals surface area contributed by atoms with Gasteiger partial charge in [0, 0.05) is 29.4 Å². The molecule has 0 aliphatic carbocycles. The number of aromatic nitrogens is 3. The summed E-state index contributed by atoms with van der Waals surface area (Å²) in [5.74, 6) is 1.54. The van der Waals surface area contributed by atoms with Crippen molar-refractivity contribution in [2.24, 2.45) is 0 Å².